The molecule has 0 heterocycles. The Morgan fingerprint density at radius 3 is 1.53 bits per heavy atom. The molecule has 17 heavy (non-hydrogen) atoms. The fourth-order valence-electron chi connectivity index (χ4n) is 0.517. The van der Waals surface area contributed by atoms with Gasteiger partial charge in [0.2, 0.25) is 0 Å². The van der Waals surface area contributed by atoms with Crippen LogP contribution in [0.1, 0.15) is 13.8 Å². The number of carbonyl (C=O) groups excluding carboxylic acids is 2. The molecule has 0 aromatic carbocycles. The quantitative estimate of drug-likeness (QED) is 0.571. The molecule has 0 rings (SSSR count). The van der Waals surface area contributed by atoms with Gasteiger partial charge in [0.05, 0.1) is 13.2 Å². The van der Waals surface area contributed by atoms with Crippen molar-refractivity contribution in [1.29, 1.82) is 0 Å². The topological polar surface area (TPSA) is 89.9 Å². The van der Waals surface area contributed by atoms with Gasteiger partial charge < -0.3 is 14.6 Å². The van der Waals surface area contributed by atoms with Crippen molar-refractivity contribution in [3.63, 3.8) is 0 Å². The molecule has 0 aliphatic heterocycles. The third-order valence-electron chi connectivity index (χ3n) is 1.10. The van der Waals surface area contributed by atoms with Crippen molar-refractivity contribution >= 4 is 17.9 Å². The molecular weight excluding hydrogens is 228 g/mol. The van der Waals surface area contributed by atoms with Crippen LogP contribution < -0.4 is 0 Å². The number of carboxylic acids is 1. The van der Waals surface area contributed by atoms with E-state index in [1.54, 1.807) is 13.8 Å². The van der Waals surface area contributed by atoms with Gasteiger partial charge in [0, 0.05) is 18.2 Å². The minimum Gasteiger partial charge on any atom is -0.478 e. The van der Waals surface area contributed by atoms with Crippen LogP contribution in [0.25, 0.3) is 0 Å². The fourth-order valence-corrected chi connectivity index (χ4v) is 0.517. The minimum absolute atomic E-state index is 0.298. The largest absolute Gasteiger partial charge is 0.478 e. The smallest absolute Gasteiger partial charge is 0.330 e. The molecule has 0 aliphatic rings. The van der Waals surface area contributed by atoms with Gasteiger partial charge in [0.1, 0.15) is 0 Å². The summed E-state index contributed by atoms with van der Waals surface area (Å²) in [6.45, 7) is 6.94. The first-order chi connectivity index (χ1) is 7.97. The molecule has 0 amide bonds. The first kappa shape index (κ1) is 17.3. The average molecular weight is 244 g/mol. The lowest BCUT2D eigenvalue weighted by molar-refractivity contribution is -0.140. The van der Waals surface area contributed by atoms with Crippen molar-refractivity contribution < 1.29 is 29.0 Å². The summed E-state index contributed by atoms with van der Waals surface area (Å²) in [5.41, 5.74) is 0. The lowest BCUT2D eigenvalue weighted by Crippen LogP contribution is -2.03. The molecule has 1 N–H and O–H groups in total. The summed E-state index contributed by atoms with van der Waals surface area (Å²) in [5.74, 6) is -2.05. The first-order valence-electron chi connectivity index (χ1n) is 4.84. The molecule has 0 radical (unpaired) electrons. The molecule has 6 heteroatoms. The van der Waals surface area contributed by atoms with E-state index in [1.165, 1.54) is 0 Å². The van der Waals surface area contributed by atoms with Crippen LogP contribution in [0.2, 0.25) is 0 Å². The Morgan fingerprint density at radius 1 is 1.06 bits per heavy atom. The lowest BCUT2D eigenvalue weighted by atomic mass is 10.5. The number of hydrogen-bond acceptors (Lipinski definition) is 5. The van der Waals surface area contributed by atoms with E-state index in [0.717, 1.165) is 18.2 Å². The highest BCUT2D eigenvalue weighted by Gasteiger charge is 1.97. The van der Waals surface area contributed by atoms with Crippen LogP contribution in [-0.4, -0.2) is 36.2 Å². The van der Waals surface area contributed by atoms with E-state index in [1.807, 2.05) is 0 Å². The van der Waals surface area contributed by atoms with Crippen molar-refractivity contribution in [3.8, 4) is 0 Å². The van der Waals surface area contributed by atoms with Gasteiger partial charge in [0.15, 0.2) is 0 Å². The molecule has 0 unspecified atom stereocenters. The lowest BCUT2D eigenvalue weighted by Gasteiger charge is -1.95. The molecule has 0 saturated heterocycles. The molecule has 0 saturated carbocycles. The highest BCUT2D eigenvalue weighted by atomic mass is 16.5. The molecule has 0 atom stereocenters. The van der Waals surface area contributed by atoms with Crippen LogP contribution in [-0.2, 0) is 23.9 Å². The predicted octanol–water partition coefficient (Wildman–Crippen LogP) is 0.926. The Balaban J connectivity index is 0. The van der Waals surface area contributed by atoms with Gasteiger partial charge >= 0.3 is 17.9 Å². The van der Waals surface area contributed by atoms with E-state index in [2.05, 4.69) is 16.1 Å². The standard InChI is InChI=1S/C8H12O4.C3H4O2/c1-3-11-7(9)5-6-8(10)12-4-2;1-2-3(4)5/h5-6H,3-4H2,1-2H3;2H,1H2,(H,4,5)/b6-5+;. The summed E-state index contributed by atoms with van der Waals surface area (Å²) in [4.78, 5) is 30.5. The minimum atomic E-state index is -0.981. The SMILES string of the molecule is C=CC(=O)O.CCOC(=O)/C=C/C(=O)OCC. The van der Waals surface area contributed by atoms with Gasteiger partial charge in [-0.3, -0.25) is 0 Å². The van der Waals surface area contributed by atoms with E-state index in [4.69, 9.17) is 5.11 Å². The Hall–Kier alpha value is -2.11. The van der Waals surface area contributed by atoms with Crippen molar-refractivity contribution in [2.75, 3.05) is 13.2 Å². The predicted molar refractivity (Wildman–Crippen MR) is 60.2 cm³/mol. The summed E-state index contributed by atoms with van der Waals surface area (Å²) in [7, 11) is 0. The molecule has 0 aromatic rings. The molecule has 0 aliphatic carbocycles. The monoisotopic (exact) mass is 244 g/mol. The number of ether oxygens (including phenoxy) is 2. The Morgan fingerprint density at radius 2 is 1.35 bits per heavy atom. The van der Waals surface area contributed by atoms with Crippen LogP contribution >= 0.6 is 0 Å². The van der Waals surface area contributed by atoms with Crippen LogP contribution in [0.4, 0.5) is 0 Å². The number of rotatable bonds is 5. The van der Waals surface area contributed by atoms with Gasteiger partial charge in [-0.25, -0.2) is 14.4 Å². The van der Waals surface area contributed by atoms with Gasteiger partial charge in [-0.2, -0.15) is 0 Å². The van der Waals surface area contributed by atoms with Crippen molar-refractivity contribution in [2.45, 2.75) is 13.8 Å². The van der Waals surface area contributed by atoms with Crippen LogP contribution in [0.15, 0.2) is 24.8 Å². The Kier molecular flexibility index (Phi) is 12.2. The number of hydrogen-bond donors (Lipinski definition) is 1. The summed E-state index contributed by atoms with van der Waals surface area (Å²) in [5, 5.41) is 7.60. The second-order valence-electron chi connectivity index (χ2n) is 2.38. The van der Waals surface area contributed by atoms with Crippen LogP contribution in [0, 0.1) is 0 Å². The summed E-state index contributed by atoms with van der Waals surface area (Å²) in [6, 6.07) is 0. The normalized spacial score (nSPS) is 8.82. The Bertz CT molecular complexity index is 272. The summed E-state index contributed by atoms with van der Waals surface area (Å²) in [6.07, 6.45) is 2.92. The molecule has 0 bridgehead atoms. The third kappa shape index (κ3) is 16.6. The van der Waals surface area contributed by atoms with Crippen LogP contribution in [0.3, 0.4) is 0 Å². The molecular formula is C11H16O6. The van der Waals surface area contributed by atoms with Crippen LogP contribution in [0.5, 0.6) is 0 Å². The zero-order valence-corrected chi connectivity index (χ0v) is 9.84. The van der Waals surface area contributed by atoms with E-state index in [0.29, 0.717) is 13.2 Å². The third-order valence-corrected chi connectivity index (χ3v) is 1.10. The number of esters is 2. The number of carbonyl (C=O) groups is 3. The number of carboxylic acid groups (broad SMARTS) is 1. The van der Waals surface area contributed by atoms with Crippen molar-refractivity contribution in [2.24, 2.45) is 0 Å². The number of aliphatic carboxylic acids is 1. The van der Waals surface area contributed by atoms with E-state index in [-0.39, 0.29) is 0 Å². The van der Waals surface area contributed by atoms with E-state index >= 15 is 0 Å². The molecule has 96 valence electrons. The van der Waals surface area contributed by atoms with E-state index < -0.39 is 17.9 Å². The zero-order chi connectivity index (χ0) is 13.7. The van der Waals surface area contributed by atoms with Gasteiger partial charge in [-0.05, 0) is 13.8 Å². The fraction of sp³-hybridized carbons (Fsp3) is 0.364. The van der Waals surface area contributed by atoms with Crippen molar-refractivity contribution in [3.05, 3.63) is 24.8 Å². The molecule has 0 fully saturated rings. The maximum Gasteiger partial charge on any atom is 0.330 e. The second kappa shape index (κ2) is 12.0. The first-order valence-corrected chi connectivity index (χ1v) is 4.84. The van der Waals surface area contributed by atoms with E-state index in [9.17, 15) is 14.4 Å². The zero-order valence-electron chi connectivity index (χ0n) is 9.84. The molecule has 0 aromatic heterocycles. The van der Waals surface area contributed by atoms with Crippen molar-refractivity contribution in [1.82, 2.24) is 0 Å². The van der Waals surface area contributed by atoms with Gasteiger partial charge in [-0.1, -0.05) is 6.58 Å². The second-order valence-corrected chi connectivity index (χ2v) is 2.38. The molecule has 6 nitrogen and oxygen atoms in total. The highest BCUT2D eigenvalue weighted by molar-refractivity contribution is 5.91. The Labute approximate surface area is 99.5 Å². The van der Waals surface area contributed by atoms with Gasteiger partial charge in [-0.15, -0.1) is 0 Å². The highest BCUT2D eigenvalue weighted by Crippen LogP contribution is 1.84. The summed E-state index contributed by atoms with van der Waals surface area (Å²) >= 11 is 0. The van der Waals surface area contributed by atoms with Gasteiger partial charge in [0.25, 0.3) is 0 Å². The average Bonchev–Trinajstić information content (AvgIpc) is 2.28. The summed E-state index contributed by atoms with van der Waals surface area (Å²) < 4.78 is 9.07. The molecule has 0 spiro atoms. The maximum absolute atomic E-state index is 10.6. The maximum atomic E-state index is 10.6.